The number of amides is 1. The molecule has 1 aromatic heterocycles. The van der Waals surface area contributed by atoms with Gasteiger partial charge in [0.05, 0.1) is 17.9 Å². The fourth-order valence-corrected chi connectivity index (χ4v) is 3.32. The average Bonchev–Trinajstić information content (AvgIpc) is 2.77. The van der Waals surface area contributed by atoms with Crippen molar-refractivity contribution in [3.63, 3.8) is 0 Å². The van der Waals surface area contributed by atoms with Crippen molar-refractivity contribution in [1.82, 2.24) is 4.98 Å². The normalized spacial score (nSPS) is 11.9. The molecule has 0 aliphatic rings. The Morgan fingerprint density at radius 2 is 1.78 bits per heavy atom. The smallest absolute Gasteiger partial charge is 0.259 e. The van der Waals surface area contributed by atoms with Crippen LogP contribution in [0.2, 0.25) is 0 Å². The van der Waals surface area contributed by atoms with Crippen LogP contribution in [0.25, 0.3) is 0 Å². The molecule has 3 N–H and O–H groups in total. The molecule has 1 atom stereocenters. The van der Waals surface area contributed by atoms with Gasteiger partial charge >= 0.3 is 0 Å². The van der Waals surface area contributed by atoms with Crippen LogP contribution in [0, 0.1) is 12.8 Å². The number of aryl methyl sites for hydroxylation is 1. The number of benzene rings is 2. The van der Waals surface area contributed by atoms with Gasteiger partial charge in [-0.1, -0.05) is 32.9 Å². The molecule has 1 amide bonds. The first-order chi connectivity index (χ1) is 15.3. The molecule has 6 nitrogen and oxygen atoms in total. The number of nitrogens with zero attached hydrogens (tertiary/aromatic N) is 1. The van der Waals surface area contributed by atoms with Gasteiger partial charge in [0.2, 0.25) is 0 Å². The summed E-state index contributed by atoms with van der Waals surface area (Å²) in [6.45, 7) is 8.86. The molecule has 0 bridgehead atoms. The van der Waals surface area contributed by atoms with Crippen molar-refractivity contribution >= 4 is 17.4 Å². The lowest BCUT2D eigenvalue weighted by molar-refractivity contribution is 0.102. The molecule has 1 heterocycles. The first-order valence-electron chi connectivity index (χ1n) is 10.7. The molecular weight excluding hydrogens is 402 g/mol. The minimum absolute atomic E-state index is 0.176. The van der Waals surface area contributed by atoms with Crippen molar-refractivity contribution < 1.29 is 14.3 Å². The van der Waals surface area contributed by atoms with E-state index in [1.54, 1.807) is 25.3 Å². The summed E-state index contributed by atoms with van der Waals surface area (Å²) < 4.78 is 11.1. The van der Waals surface area contributed by atoms with Crippen molar-refractivity contribution in [1.29, 1.82) is 0 Å². The highest BCUT2D eigenvalue weighted by molar-refractivity contribution is 6.07. The maximum absolute atomic E-state index is 12.7. The Hall–Kier alpha value is -3.38. The van der Waals surface area contributed by atoms with Crippen LogP contribution in [0.3, 0.4) is 0 Å². The van der Waals surface area contributed by atoms with Gasteiger partial charge in [0, 0.05) is 12.8 Å². The number of methoxy groups -OCH3 is 1. The molecule has 0 saturated heterocycles. The second kappa shape index (κ2) is 10.3. The molecule has 3 rings (SSSR count). The SMILES string of the molecule is COCc1nc(N)c(C(=O)Nc2ccc(Oc3cccc(C(C)C(C)C)c3)cc2)cc1C. The number of rotatable bonds is 8. The average molecular weight is 434 g/mol. The van der Waals surface area contributed by atoms with Crippen LogP contribution in [-0.2, 0) is 11.3 Å². The number of aromatic nitrogens is 1. The van der Waals surface area contributed by atoms with E-state index in [1.807, 2.05) is 31.2 Å². The third kappa shape index (κ3) is 5.65. The molecule has 0 aliphatic carbocycles. The molecule has 6 heteroatoms. The van der Waals surface area contributed by atoms with E-state index in [0.29, 0.717) is 35.4 Å². The van der Waals surface area contributed by atoms with Crippen molar-refractivity contribution in [2.75, 3.05) is 18.2 Å². The minimum atomic E-state index is -0.314. The highest BCUT2D eigenvalue weighted by atomic mass is 16.5. The van der Waals surface area contributed by atoms with Crippen molar-refractivity contribution in [2.24, 2.45) is 5.92 Å². The number of nitrogens with one attached hydrogen (secondary N) is 1. The first-order valence-corrected chi connectivity index (χ1v) is 10.7. The molecule has 2 aromatic carbocycles. The third-order valence-electron chi connectivity index (χ3n) is 5.60. The number of anilines is 2. The summed E-state index contributed by atoms with van der Waals surface area (Å²) in [5.74, 6) is 2.35. The van der Waals surface area contributed by atoms with Crippen LogP contribution >= 0.6 is 0 Å². The monoisotopic (exact) mass is 433 g/mol. The molecule has 0 aliphatic heterocycles. The Labute approximate surface area is 189 Å². The summed E-state index contributed by atoms with van der Waals surface area (Å²) in [6, 6.07) is 17.1. The van der Waals surface area contributed by atoms with Crippen LogP contribution in [-0.4, -0.2) is 18.0 Å². The predicted octanol–water partition coefficient (Wildman–Crippen LogP) is 5.92. The molecule has 32 heavy (non-hydrogen) atoms. The number of ether oxygens (including phenoxy) is 2. The van der Waals surface area contributed by atoms with Crippen LogP contribution < -0.4 is 15.8 Å². The van der Waals surface area contributed by atoms with E-state index < -0.39 is 0 Å². The predicted molar refractivity (Wildman–Crippen MR) is 128 cm³/mol. The number of nitrogens with two attached hydrogens (primary N) is 1. The Morgan fingerprint density at radius 3 is 2.44 bits per heavy atom. The van der Waals surface area contributed by atoms with E-state index in [1.165, 1.54) is 5.56 Å². The first kappa shape index (κ1) is 23.3. The molecule has 0 radical (unpaired) electrons. The molecular formula is C26H31N3O3. The van der Waals surface area contributed by atoms with Gasteiger partial charge in [0.15, 0.2) is 0 Å². The van der Waals surface area contributed by atoms with Gasteiger partial charge < -0.3 is 20.5 Å². The van der Waals surface area contributed by atoms with E-state index in [-0.39, 0.29) is 11.7 Å². The molecule has 0 saturated carbocycles. The summed E-state index contributed by atoms with van der Waals surface area (Å²) >= 11 is 0. The minimum Gasteiger partial charge on any atom is -0.457 e. The van der Waals surface area contributed by atoms with Gasteiger partial charge in [-0.05, 0) is 72.4 Å². The zero-order chi connectivity index (χ0) is 23.3. The summed E-state index contributed by atoms with van der Waals surface area (Å²) in [4.78, 5) is 17.0. The Bertz CT molecular complexity index is 1080. The molecule has 3 aromatic rings. The van der Waals surface area contributed by atoms with Gasteiger partial charge in [0.25, 0.3) is 5.91 Å². The van der Waals surface area contributed by atoms with Crippen LogP contribution in [0.4, 0.5) is 11.5 Å². The standard InChI is InChI=1S/C26H31N3O3/c1-16(2)18(4)19-7-6-8-22(14-19)32-21-11-9-20(10-12-21)28-26(30)23-13-17(3)24(15-31-5)29-25(23)27/h6-14,16,18H,15H2,1-5H3,(H2,27,29)(H,28,30). The van der Waals surface area contributed by atoms with E-state index in [0.717, 1.165) is 17.0 Å². The Balaban J connectivity index is 1.68. The summed E-state index contributed by atoms with van der Waals surface area (Å²) in [5.41, 5.74) is 9.78. The van der Waals surface area contributed by atoms with E-state index in [9.17, 15) is 4.79 Å². The van der Waals surface area contributed by atoms with Crippen molar-refractivity contribution in [3.8, 4) is 11.5 Å². The zero-order valence-electron chi connectivity index (χ0n) is 19.3. The fourth-order valence-electron chi connectivity index (χ4n) is 3.32. The zero-order valence-corrected chi connectivity index (χ0v) is 19.3. The van der Waals surface area contributed by atoms with Gasteiger partial charge in [-0.2, -0.15) is 0 Å². The summed E-state index contributed by atoms with van der Waals surface area (Å²) in [6.07, 6.45) is 0. The van der Waals surface area contributed by atoms with Crippen LogP contribution in [0.1, 0.15) is 53.9 Å². The topological polar surface area (TPSA) is 86.5 Å². The Kier molecular flexibility index (Phi) is 7.49. The quantitative estimate of drug-likeness (QED) is 0.460. The Morgan fingerprint density at radius 1 is 1.06 bits per heavy atom. The number of nitrogen functional groups attached to an aromatic ring is 1. The maximum atomic E-state index is 12.7. The number of carbonyl (C=O) groups is 1. The lowest BCUT2D eigenvalue weighted by atomic mass is 9.90. The summed E-state index contributed by atoms with van der Waals surface area (Å²) in [7, 11) is 1.59. The number of pyridine rings is 1. The van der Waals surface area contributed by atoms with Crippen molar-refractivity contribution in [3.05, 3.63) is 77.0 Å². The van der Waals surface area contributed by atoms with Gasteiger partial charge in [-0.25, -0.2) is 4.98 Å². The highest BCUT2D eigenvalue weighted by Gasteiger charge is 2.15. The van der Waals surface area contributed by atoms with E-state index in [2.05, 4.69) is 43.2 Å². The molecule has 0 fully saturated rings. The number of hydrogen-bond acceptors (Lipinski definition) is 5. The fraction of sp³-hybridized carbons (Fsp3) is 0.308. The highest BCUT2D eigenvalue weighted by Crippen LogP contribution is 2.29. The van der Waals surface area contributed by atoms with Gasteiger partial charge in [-0.15, -0.1) is 0 Å². The molecule has 168 valence electrons. The van der Waals surface area contributed by atoms with Gasteiger partial charge in [-0.3, -0.25) is 4.79 Å². The van der Waals surface area contributed by atoms with Gasteiger partial charge in [0.1, 0.15) is 17.3 Å². The third-order valence-corrected chi connectivity index (χ3v) is 5.60. The van der Waals surface area contributed by atoms with E-state index in [4.69, 9.17) is 15.2 Å². The molecule has 0 spiro atoms. The lowest BCUT2D eigenvalue weighted by Gasteiger charge is -2.17. The van der Waals surface area contributed by atoms with Crippen LogP contribution in [0.15, 0.2) is 54.6 Å². The number of carbonyl (C=O) groups excluding carboxylic acids is 1. The molecule has 1 unspecified atom stereocenters. The largest absolute Gasteiger partial charge is 0.457 e. The second-order valence-electron chi connectivity index (χ2n) is 8.30. The maximum Gasteiger partial charge on any atom is 0.259 e. The van der Waals surface area contributed by atoms with Crippen LogP contribution in [0.5, 0.6) is 11.5 Å². The van der Waals surface area contributed by atoms with E-state index >= 15 is 0 Å². The lowest BCUT2D eigenvalue weighted by Crippen LogP contribution is -2.16. The summed E-state index contributed by atoms with van der Waals surface area (Å²) in [5, 5.41) is 2.86. The second-order valence-corrected chi connectivity index (χ2v) is 8.30. The van der Waals surface area contributed by atoms with Crippen molar-refractivity contribution in [2.45, 2.75) is 40.2 Å². The number of hydrogen-bond donors (Lipinski definition) is 2.